The molecule has 0 saturated carbocycles. The van der Waals surface area contributed by atoms with Gasteiger partial charge in [-0.3, -0.25) is 4.98 Å². The minimum absolute atomic E-state index is 0.243. The molecule has 0 amide bonds. The van der Waals surface area contributed by atoms with Crippen molar-refractivity contribution in [3.63, 3.8) is 0 Å². The number of nitrogens with zero attached hydrogens (tertiary/aromatic N) is 2. The van der Waals surface area contributed by atoms with E-state index in [2.05, 4.69) is 14.9 Å². The quantitative estimate of drug-likeness (QED) is 0.644. The largest absolute Gasteiger partial charge is 0.396 e. The number of hydrogen-bond acceptors (Lipinski definition) is 4. The van der Waals surface area contributed by atoms with Gasteiger partial charge in [-0.1, -0.05) is 18.2 Å². The maximum atomic E-state index is 13.0. The Morgan fingerprint density at radius 2 is 1.82 bits per heavy atom. The smallest absolute Gasteiger partial charge is 0.130 e. The molecule has 3 heterocycles. The van der Waals surface area contributed by atoms with E-state index >= 15 is 0 Å². The highest BCUT2D eigenvalue weighted by Crippen LogP contribution is 2.31. The highest BCUT2D eigenvalue weighted by atomic mass is 19.1. The Morgan fingerprint density at radius 3 is 2.57 bits per heavy atom. The number of pyridine rings is 1. The van der Waals surface area contributed by atoms with E-state index in [0.717, 1.165) is 60.0 Å². The van der Waals surface area contributed by atoms with Crippen molar-refractivity contribution < 1.29 is 4.39 Å². The van der Waals surface area contributed by atoms with Gasteiger partial charge in [-0.15, -0.1) is 0 Å². The summed E-state index contributed by atoms with van der Waals surface area (Å²) in [5.74, 6) is 0.718. The molecule has 0 aliphatic carbocycles. The molecule has 144 valence electrons. The van der Waals surface area contributed by atoms with E-state index in [1.165, 1.54) is 12.1 Å². The van der Waals surface area contributed by atoms with Crippen molar-refractivity contribution >= 4 is 23.7 Å². The lowest BCUT2D eigenvalue weighted by atomic mass is 10.1. The van der Waals surface area contributed by atoms with Gasteiger partial charge < -0.3 is 21.4 Å². The molecule has 0 radical (unpaired) electrons. The third-order valence-electron chi connectivity index (χ3n) is 5.09. The number of hydrogen-bond donors (Lipinski definition) is 3. The molecule has 5 N–H and O–H groups in total. The second kappa shape index (κ2) is 7.86. The van der Waals surface area contributed by atoms with E-state index < -0.39 is 0 Å². The molecule has 28 heavy (non-hydrogen) atoms. The number of H-pyrrole nitrogens is 1. The van der Waals surface area contributed by atoms with Crippen LogP contribution in [-0.2, 0) is 0 Å². The first-order valence-corrected chi connectivity index (χ1v) is 9.47. The zero-order valence-electron chi connectivity index (χ0n) is 15.6. The van der Waals surface area contributed by atoms with Gasteiger partial charge in [0.2, 0.25) is 0 Å². The number of aromatic nitrogens is 2. The third-order valence-corrected chi connectivity index (χ3v) is 5.09. The van der Waals surface area contributed by atoms with Crippen LogP contribution in [0.15, 0.2) is 48.7 Å². The maximum absolute atomic E-state index is 13.0. The van der Waals surface area contributed by atoms with Crippen LogP contribution in [0, 0.1) is 5.82 Å². The van der Waals surface area contributed by atoms with Gasteiger partial charge in [0.15, 0.2) is 0 Å². The second-order valence-electron chi connectivity index (χ2n) is 7.17. The molecule has 0 unspecified atom stereocenters. The van der Waals surface area contributed by atoms with Crippen molar-refractivity contribution in [2.75, 3.05) is 23.7 Å². The number of rotatable bonds is 4. The second-order valence-corrected chi connectivity index (χ2v) is 7.17. The first-order chi connectivity index (χ1) is 13.6. The van der Waals surface area contributed by atoms with E-state index in [1.807, 2.05) is 30.4 Å². The summed E-state index contributed by atoms with van der Waals surface area (Å²) in [7, 11) is 0. The monoisotopic (exact) mass is 377 g/mol. The molecule has 0 spiro atoms. The Balaban J connectivity index is 1.54. The summed E-state index contributed by atoms with van der Waals surface area (Å²) >= 11 is 0. The summed E-state index contributed by atoms with van der Waals surface area (Å²) in [5.41, 5.74) is 16.7. The molecule has 5 nitrogen and oxygen atoms in total. The summed E-state index contributed by atoms with van der Waals surface area (Å²) in [6, 6.07) is 12.6. The average Bonchev–Trinajstić information content (AvgIpc) is 3.10. The number of halogens is 1. The zero-order chi connectivity index (χ0) is 19.5. The molecule has 0 bridgehead atoms. The summed E-state index contributed by atoms with van der Waals surface area (Å²) < 4.78 is 13.0. The highest BCUT2D eigenvalue weighted by molar-refractivity contribution is 5.76. The molecule has 1 fully saturated rings. The van der Waals surface area contributed by atoms with Crippen LogP contribution < -0.4 is 16.4 Å². The molecule has 1 saturated heterocycles. The summed E-state index contributed by atoms with van der Waals surface area (Å²) in [6.07, 6.45) is 7.55. The molecule has 1 aliphatic heterocycles. The molecule has 1 aromatic carbocycles. The van der Waals surface area contributed by atoms with Crippen LogP contribution in [0.1, 0.15) is 24.1 Å². The van der Waals surface area contributed by atoms with E-state index in [9.17, 15) is 4.39 Å². The van der Waals surface area contributed by atoms with Gasteiger partial charge in [-0.05, 0) is 54.8 Å². The van der Waals surface area contributed by atoms with Crippen molar-refractivity contribution in [1.82, 2.24) is 9.97 Å². The topological polar surface area (TPSA) is 84.0 Å². The number of anilines is 2. The number of nitrogens with one attached hydrogen (secondary N) is 1. The molecule has 4 rings (SSSR count). The van der Waals surface area contributed by atoms with Crippen LogP contribution in [0.4, 0.5) is 15.9 Å². The lowest BCUT2D eigenvalue weighted by molar-refractivity contribution is 0.499. The first-order valence-electron chi connectivity index (χ1n) is 9.47. The molecule has 3 aromatic rings. The Kier molecular flexibility index (Phi) is 5.12. The fourth-order valence-corrected chi connectivity index (χ4v) is 3.46. The number of aromatic amines is 1. The van der Waals surface area contributed by atoms with Gasteiger partial charge in [-0.25, -0.2) is 4.39 Å². The van der Waals surface area contributed by atoms with Gasteiger partial charge in [-0.2, -0.15) is 0 Å². The summed E-state index contributed by atoms with van der Waals surface area (Å²) in [5, 5.41) is 0. The van der Waals surface area contributed by atoms with Crippen LogP contribution in [0.25, 0.3) is 23.4 Å². The van der Waals surface area contributed by atoms with Crippen molar-refractivity contribution in [2.45, 2.75) is 18.9 Å². The molecule has 2 aromatic heterocycles. The van der Waals surface area contributed by atoms with E-state index in [-0.39, 0.29) is 11.9 Å². The normalized spacial score (nSPS) is 15.4. The van der Waals surface area contributed by atoms with Gasteiger partial charge in [0.05, 0.1) is 11.4 Å². The van der Waals surface area contributed by atoms with Crippen molar-refractivity contribution in [3.8, 4) is 11.3 Å². The van der Waals surface area contributed by atoms with Gasteiger partial charge in [0.1, 0.15) is 11.6 Å². The fraction of sp³-hybridized carbons (Fsp3) is 0.227. The van der Waals surface area contributed by atoms with E-state index in [4.69, 9.17) is 11.5 Å². The van der Waals surface area contributed by atoms with E-state index in [1.54, 1.807) is 18.3 Å². The van der Waals surface area contributed by atoms with Crippen molar-refractivity contribution in [3.05, 3.63) is 65.7 Å². The number of nitrogen functional groups attached to an aromatic ring is 1. The number of benzene rings is 1. The van der Waals surface area contributed by atoms with Crippen LogP contribution in [0.5, 0.6) is 0 Å². The Hall–Kier alpha value is -3.12. The minimum atomic E-state index is -0.243. The van der Waals surface area contributed by atoms with Crippen LogP contribution in [-0.4, -0.2) is 29.1 Å². The highest BCUT2D eigenvalue weighted by Gasteiger charge is 2.20. The standard InChI is InChI=1S/C22H24FN5/c23-17-4-1-15(2-5-17)3-6-19-13-16(7-10-26-19)21-14-20(25)22(27-21)28-11-8-18(24)9-12-28/h1-7,10,13-14,18,27H,8-9,11-12,24-25H2/b6-3+. The van der Waals surface area contributed by atoms with Crippen LogP contribution >= 0.6 is 0 Å². The predicted molar refractivity (Wildman–Crippen MR) is 113 cm³/mol. The van der Waals surface area contributed by atoms with Gasteiger partial charge in [0.25, 0.3) is 0 Å². The van der Waals surface area contributed by atoms with Crippen molar-refractivity contribution in [2.24, 2.45) is 5.73 Å². The van der Waals surface area contributed by atoms with Gasteiger partial charge in [0, 0.05) is 36.6 Å². The van der Waals surface area contributed by atoms with Crippen molar-refractivity contribution in [1.29, 1.82) is 0 Å². The fourth-order valence-electron chi connectivity index (χ4n) is 3.46. The Labute approximate surface area is 163 Å². The lowest BCUT2D eigenvalue weighted by Crippen LogP contribution is -2.40. The third kappa shape index (κ3) is 4.07. The molecule has 1 aliphatic rings. The molecule has 0 atom stereocenters. The molecular weight excluding hydrogens is 353 g/mol. The molecular formula is C22H24FN5. The maximum Gasteiger partial charge on any atom is 0.130 e. The SMILES string of the molecule is Nc1cc(-c2ccnc(/C=C/c3ccc(F)cc3)c2)[nH]c1N1CCC(N)CC1. The summed E-state index contributed by atoms with van der Waals surface area (Å²) in [6.45, 7) is 1.82. The zero-order valence-corrected chi connectivity index (χ0v) is 15.6. The predicted octanol–water partition coefficient (Wildman–Crippen LogP) is 3.90. The van der Waals surface area contributed by atoms with Gasteiger partial charge >= 0.3 is 0 Å². The minimum Gasteiger partial charge on any atom is -0.396 e. The van der Waals surface area contributed by atoms with Crippen LogP contribution in [0.3, 0.4) is 0 Å². The Morgan fingerprint density at radius 1 is 1.07 bits per heavy atom. The van der Waals surface area contributed by atoms with E-state index in [0.29, 0.717) is 0 Å². The number of nitrogens with two attached hydrogens (primary N) is 2. The first kappa shape index (κ1) is 18.3. The lowest BCUT2D eigenvalue weighted by Gasteiger charge is -2.31. The number of piperidine rings is 1. The average molecular weight is 377 g/mol. The summed E-state index contributed by atoms with van der Waals surface area (Å²) in [4.78, 5) is 10.1. The molecule has 6 heteroatoms. The van der Waals surface area contributed by atoms with Crippen LogP contribution in [0.2, 0.25) is 0 Å². The Bertz CT molecular complexity index is 969.